The quantitative estimate of drug-likeness (QED) is 0.485. The van der Waals surface area contributed by atoms with Gasteiger partial charge in [-0.25, -0.2) is 4.79 Å². The minimum absolute atomic E-state index is 0.209. The summed E-state index contributed by atoms with van der Waals surface area (Å²) in [5.74, 6) is -0.746. The van der Waals surface area contributed by atoms with Crippen molar-refractivity contribution in [3.8, 4) is 0 Å². The minimum Gasteiger partial charge on any atom is -0.465 e. The van der Waals surface area contributed by atoms with Crippen LogP contribution >= 0.6 is 0 Å². The van der Waals surface area contributed by atoms with Crippen molar-refractivity contribution >= 4 is 24.3 Å². The second kappa shape index (κ2) is 5.52. The van der Waals surface area contributed by atoms with Crippen LogP contribution in [0, 0.1) is 0 Å². The van der Waals surface area contributed by atoms with Gasteiger partial charge in [-0.15, -0.1) is 0 Å². The molecule has 0 unspecified atom stereocenters. The monoisotopic (exact) mass is 304 g/mol. The highest BCUT2D eigenvalue weighted by molar-refractivity contribution is 6.62. The van der Waals surface area contributed by atoms with Gasteiger partial charge >= 0.3 is 13.1 Å². The molecular formula is C16H21BO5. The number of hydrogen-bond donors (Lipinski definition) is 0. The van der Waals surface area contributed by atoms with Crippen molar-refractivity contribution in [2.75, 3.05) is 7.11 Å². The second-order valence-corrected chi connectivity index (χ2v) is 6.44. The van der Waals surface area contributed by atoms with Gasteiger partial charge in [-0.1, -0.05) is 12.1 Å². The van der Waals surface area contributed by atoms with Crippen molar-refractivity contribution in [3.05, 3.63) is 29.3 Å². The normalized spacial score (nSPS) is 19.1. The number of carbonyl (C=O) groups is 2. The Morgan fingerprint density at radius 3 is 2.05 bits per heavy atom. The summed E-state index contributed by atoms with van der Waals surface area (Å²) in [5.41, 5.74) is 0.329. The van der Waals surface area contributed by atoms with Crippen LogP contribution in [0.2, 0.25) is 0 Å². The first-order chi connectivity index (χ1) is 10.1. The standard InChI is InChI=1S/C16H21BO5/c1-10(18)13-9-11(7-8-12(13)14(19)20-6)17-21-15(2,3)16(4,5)22-17/h7-9H,1-6H3. The fourth-order valence-corrected chi connectivity index (χ4v) is 2.27. The number of carbonyl (C=O) groups excluding carboxylic acids is 2. The fraction of sp³-hybridized carbons (Fsp3) is 0.500. The molecule has 1 aliphatic rings. The van der Waals surface area contributed by atoms with Gasteiger partial charge in [-0.2, -0.15) is 0 Å². The van der Waals surface area contributed by atoms with E-state index in [-0.39, 0.29) is 11.3 Å². The summed E-state index contributed by atoms with van der Waals surface area (Å²) >= 11 is 0. The highest BCUT2D eigenvalue weighted by Gasteiger charge is 2.51. The zero-order valence-electron chi connectivity index (χ0n) is 13.9. The number of methoxy groups -OCH3 is 1. The lowest BCUT2D eigenvalue weighted by atomic mass is 9.77. The fourth-order valence-electron chi connectivity index (χ4n) is 2.27. The van der Waals surface area contributed by atoms with E-state index in [2.05, 4.69) is 0 Å². The van der Waals surface area contributed by atoms with Gasteiger partial charge < -0.3 is 14.0 Å². The summed E-state index contributed by atoms with van der Waals surface area (Å²) in [6.45, 7) is 9.25. The smallest absolute Gasteiger partial charge is 0.465 e. The SMILES string of the molecule is COC(=O)c1ccc(B2OC(C)(C)C(C)(C)O2)cc1C(C)=O. The lowest BCUT2D eigenvalue weighted by Gasteiger charge is -2.32. The Bertz CT molecular complexity index is 605. The average molecular weight is 304 g/mol. The van der Waals surface area contributed by atoms with Gasteiger partial charge in [0.25, 0.3) is 0 Å². The van der Waals surface area contributed by atoms with Crippen LogP contribution in [0.25, 0.3) is 0 Å². The van der Waals surface area contributed by atoms with E-state index in [4.69, 9.17) is 14.0 Å². The Morgan fingerprint density at radius 1 is 1.05 bits per heavy atom. The van der Waals surface area contributed by atoms with Crippen molar-refractivity contribution in [3.63, 3.8) is 0 Å². The summed E-state index contributed by atoms with van der Waals surface area (Å²) in [6.07, 6.45) is 0. The maximum absolute atomic E-state index is 11.8. The van der Waals surface area contributed by atoms with E-state index in [1.54, 1.807) is 18.2 Å². The molecule has 0 aliphatic carbocycles. The molecule has 22 heavy (non-hydrogen) atoms. The molecule has 1 aromatic rings. The van der Waals surface area contributed by atoms with Gasteiger partial charge in [0, 0.05) is 5.56 Å². The number of ether oxygens (including phenoxy) is 1. The molecule has 2 rings (SSSR count). The molecule has 6 heteroatoms. The first kappa shape index (κ1) is 16.7. The molecule has 0 aromatic heterocycles. The summed E-state index contributed by atoms with van der Waals surface area (Å²) < 4.78 is 16.6. The van der Waals surface area contributed by atoms with E-state index in [1.807, 2.05) is 27.7 Å². The number of hydrogen-bond acceptors (Lipinski definition) is 5. The predicted molar refractivity (Wildman–Crippen MR) is 83.5 cm³/mol. The molecule has 1 saturated heterocycles. The summed E-state index contributed by atoms with van der Waals surface area (Å²) in [7, 11) is 0.712. The first-order valence-corrected chi connectivity index (χ1v) is 7.18. The van der Waals surface area contributed by atoms with Gasteiger partial charge in [0.2, 0.25) is 0 Å². The Kier molecular flexibility index (Phi) is 4.19. The van der Waals surface area contributed by atoms with Crippen LogP contribution < -0.4 is 5.46 Å². The van der Waals surface area contributed by atoms with Crippen molar-refractivity contribution in [1.82, 2.24) is 0 Å². The molecule has 118 valence electrons. The third kappa shape index (κ3) is 2.81. The van der Waals surface area contributed by atoms with Crippen LogP contribution in [-0.4, -0.2) is 37.2 Å². The molecular weight excluding hydrogens is 283 g/mol. The molecule has 0 atom stereocenters. The zero-order valence-corrected chi connectivity index (χ0v) is 13.9. The van der Waals surface area contributed by atoms with Crippen molar-refractivity contribution in [2.45, 2.75) is 45.8 Å². The lowest BCUT2D eigenvalue weighted by molar-refractivity contribution is 0.00578. The van der Waals surface area contributed by atoms with Crippen LogP contribution in [0.4, 0.5) is 0 Å². The van der Waals surface area contributed by atoms with E-state index < -0.39 is 24.3 Å². The summed E-state index contributed by atoms with van der Waals surface area (Å²) in [4.78, 5) is 23.6. The van der Waals surface area contributed by atoms with Crippen LogP contribution in [0.15, 0.2) is 18.2 Å². The third-order valence-corrected chi connectivity index (χ3v) is 4.35. The molecule has 0 bridgehead atoms. The van der Waals surface area contributed by atoms with Gasteiger partial charge in [-0.3, -0.25) is 4.79 Å². The van der Waals surface area contributed by atoms with E-state index in [0.717, 1.165) is 0 Å². The van der Waals surface area contributed by atoms with Crippen LogP contribution in [-0.2, 0) is 14.0 Å². The molecule has 0 radical (unpaired) electrons. The van der Waals surface area contributed by atoms with Crippen LogP contribution in [0.5, 0.6) is 0 Å². The van der Waals surface area contributed by atoms with E-state index >= 15 is 0 Å². The van der Waals surface area contributed by atoms with Crippen molar-refractivity contribution < 1.29 is 23.6 Å². The number of esters is 1. The molecule has 1 aromatic carbocycles. The number of Topliss-reactive ketones (excluding diaryl/α,β-unsaturated/α-hetero) is 1. The number of ketones is 1. The molecule has 5 nitrogen and oxygen atoms in total. The topological polar surface area (TPSA) is 61.8 Å². The van der Waals surface area contributed by atoms with E-state index in [1.165, 1.54) is 14.0 Å². The Labute approximate surface area is 131 Å². The van der Waals surface area contributed by atoms with Crippen molar-refractivity contribution in [2.24, 2.45) is 0 Å². The minimum atomic E-state index is -0.574. The molecule has 1 fully saturated rings. The zero-order chi connectivity index (χ0) is 16.7. The second-order valence-electron chi connectivity index (χ2n) is 6.44. The lowest BCUT2D eigenvalue weighted by Crippen LogP contribution is -2.41. The predicted octanol–water partition coefficient (Wildman–Crippen LogP) is 1.97. The van der Waals surface area contributed by atoms with E-state index in [0.29, 0.717) is 11.0 Å². The van der Waals surface area contributed by atoms with Crippen LogP contribution in [0.1, 0.15) is 55.3 Å². The van der Waals surface area contributed by atoms with E-state index in [9.17, 15) is 9.59 Å². The van der Waals surface area contributed by atoms with Gasteiger partial charge in [-0.05, 0) is 46.1 Å². The Hall–Kier alpha value is -1.66. The van der Waals surface area contributed by atoms with Crippen LogP contribution in [0.3, 0.4) is 0 Å². The molecule has 0 amide bonds. The Morgan fingerprint density at radius 2 is 1.59 bits per heavy atom. The maximum Gasteiger partial charge on any atom is 0.494 e. The summed E-state index contributed by atoms with van der Waals surface area (Å²) in [6, 6.07) is 4.93. The maximum atomic E-state index is 11.8. The number of rotatable bonds is 3. The molecule has 1 aliphatic heterocycles. The Balaban J connectivity index is 2.41. The first-order valence-electron chi connectivity index (χ1n) is 7.18. The molecule has 0 spiro atoms. The molecule has 1 heterocycles. The highest BCUT2D eigenvalue weighted by Crippen LogP contribution is 2.36. The highest BCUT2D eigenvalue weighted by atomic mass is 16.7. The van der Waals surface area contributed by atoms with Gasteiger partial charge in [0.1, 0.15) is 0 Å². The third-order valence-electron chi connectivity index (χ3n) is 4.35. The largest absolute Gasteiger partial charge is 0.494 e. The van der Waals surface area contributed by atoms with Gasteiger partial charge in [0.15, 0.2) is 5.78 Å². The molecule has 0 N–H and O–H groups in total. The number of benzene rings is 1. The molecule has 0 saturated carbocycles. The van der Waals surface area contributed by atoms with Crippen molar-refractivity contribution in [1.29, 1.82) is 0 Å². The van der Waals surface area contributed by atoms with Gasteiger partial charge in [0.05, 0.1) is 23.9 Å². The summed E-state index contributed by atoms with van der Waals surface area (Å²) in [5, 5.41) is 0. The average Bonchev–Trinajstić information content (AvgIpc) is 2.66.